The number of carbonyl (C=O) groups excluding carboxylic acids is 2. The zero-order chi connectivity index (χ0) is 17.7. The van der Waals surface area contributed by atoms with Crippen molar-refractivity contribution < 1.29 is 9.59 Å². The van der Waals surface area contributed by atoms with E-state index in [0.29, 0.717) is 28.4 Å². The van der Waals surface area contributed by atoms with Gasteiger partial charge in [0.1, 0.15) is 0 Å². The van der Waals surface area contributed by atoms with Crippen LogP contribution in [-0.2, 0) is 11.3 Å². The molecule has 0 aliphatic rings. The Labute approximate surface area is 146 Å². The molecule has 0 radical (unpaired) electrons. The van der Waals surface area contributed by atoms with E-state index in [-0.39, 0.29) is 11.8 Å². The van der Waals surface area contributed by atoms with E-state index in [9.17, 15) is 9.59 Å². The van der Waals surface area contributed by atoms with Gasteiger partial charge in [0.25, 0.3) is 5.91 Å². The quantitative estimate of drug-likeness (QED) is 0.832. The van der Waals surface area contributed by atoms with Crippen LogP contribution in [0.25, 0.3) is 0 Å². The number of nitrogens with zero attached hydrogens (tertiary/aromatic N) is 2. The fourth-order valence-electron chi connectivity index (χ4n) is 2.24. The molecule has 2 rings (SSSR count). The van der Waals surface area contributed by atoms with E-state index in [1.165, 1.54) is 0 Å². The molecule has 24 heavy (non-hydrogen) atoms. The van der Waals surface area contributed by atoms with Crippen LogP contribution in [0, 0.1) is 6.92 Å². The first-order valence-electron chi connectivity index (χ1n) is 7.89. The Balaban J connectivity index is 2.19. The predicted molar refractivity (Wildman–Crippen MR) is 95.6 cm³/mol. The Bertz CT molecular complexity index is 755. The van der Waals surface area contributed by atoms with Crippen LogP contribution < -0.4 is 10.6 Å². The molecule has 2 amide bonds. The van der Waals surface area contributed by atoms with Crippen LogP contribution >= 0.6 is 11.6 Å². The second kappa shape index (κ2) is 7.97. The van der Waals surface area contributed by atoms with Crippen LogP contribution in [0.2, 0.25) is 5.02 Å². The standard InChI is InChI=1S/C17H21ClN4O2/c1-4-8-22-11(3)13(10-19-22)17(24)21-15-9-12(6-7-14(15)18)20-16(23)5-2/h6-7,9-10H,4-5,8H2,1-3H3,(H,20,23)(H,21,24). The molecule has 1 heterocycles. The van der Waals surface area contributed by atoms with Gasteiger partial charge in [-0.15, -0.1) is 0 Å². The Hall–Kier alpha value is -2.34. The SMILES string of the molecule is CCCn1ncc(C(=O)Nc2cc(NC(=O)CC)ccc2Cl)c1C. The number of nitrogens with one attached hydrogen (secondary N) is 2. The summed E-state index contributed by atoms with van der Waals surface area (Å²) in [5.74, 6) is -0.387. The van der Waals surface area contributed by atoms with Gasteiger partial charge in [0.2, 0.25) is 5.91 Å². The molecule has 6 nitrogen and oxygen atoms in total. The van der Waals surface area contributed by atoms with Crippen molar-refractivity contribution in [3.63, 3.8) is 0 Å². The third kappa shape index (κ3) is 4.14. The summed E-state index contributed by atoms with van der Waals surface area (Å²) in [7, 11) is 0. The van der Waals surface area contributed by atoms with Gasteiger partial charge in [-0.25, -0.2) is 0 Å². The number of hydrogen-bond acceptors (Lipinski definition) is 3. The van der Waals surface area contributed by atoms with Gasteiger partial charge in [-0.2, -0.15) is 5.10 Å². The van der Waals surface area contributed by atoms with Crippen molar-refractivity contribution in [2.24, 2.45) is 0 Å². The van der Waals surface area contributed by atoms with Gasteiger partial charge in [0.15, 0.2) is 0 Å². The van der Waals surface area contributed by atoms with Crippen LogP contribution in [0.1, 0.15) is 42.7 Å². The summed E-state index contributed by atoms with van der Waals surface area (Å²) in [6.07, 6.45) is 2.87. The van der Waals surface area contributed by atoms with E-state index in [2.05, 4.69) is 22.7 Å². The van der Waals surface area contributed by atoms with Gasteiger partial charge in [-0.1, -0.05) is 25.4 Å². The first-order valence-corrected chi connectivity index (χ1v) is 8.27. The highest BCUT2D eigenvalue weighted by molar-refractivity contribution is 6.34. The molecule has 0 aliphatic heterocycles. The highest BCUT2D eigenvalue weighted by atomic mass is 35.5. The first-order chi connectivity index (χ1) is 11.5. The minimum atomic E-state index is -0.282. The number of aryl methyl sites for hydroxylation is 1. The maximum Gasteiger partial charge on any atom is 0.259 e. The zero-order valence-corrected chi connectivity index (χ0v) is 14.8. The van der Waals surface area contributed by atoms with Crippen LogP contribution in [-0.4, -0.2) is 21.6 Å². The lowest BCUT2D eigenvalue weighted by Gasteiger charge is -2.10. The molecule has 0 bridgehead atoms. The zero-order valence-electron chi connectivity index (χ0n) is 14.0. The predicted octanol–water partition coefficient (Wildman–Crippen LogP) is 3.86. The molecule has 128 valence electrons. The summed E-state index contributed by atoms with van der Waals surface area (Å²) in [5, 5.41) is 10.1. The van der Waals surface area contributed by atoms with Crippen molar-refractivity contribution in [3.05, 3.63) is 40.7 Å². The topological polar surface area (TPSA) is 76.0 Å². The molecular weight excluding hydrogens is 328 g/mol. The van der Waals surface area contributed by atoms with E-state index in [4.69, 9.17) is 11.6 Å². The van der Waals surface area contributed by atoms with Crippen LogP contribution in [0.5, 0.6) is 0 Å². The monoisotopic (exact) mass is 348 g/mol. The smallest absolute Gasteiger partial charge is 0.259 e. The number of benzene rings is 1. The molecule has 0 saturated heterocycles. The van der Waals surface area contributed by atoms with Gasteiger partial charge < -0.3 is 10.6 Å². The summed E-state index contributed by atoms with van der Waals surface area (Å²) in [6.45, 7) is 6.44. The Kier molecular flexibility index (Phi) is 5.98. The van der Waals surface area contributed by atoms with Crippen molar-refractivity contribution in [2.45, 2.75) is 40.2 Å². The summed E-state index contributed by atoms with van der Waals surface area (Å²) in [4.78, 5) is 24.0. The summed E-state index contributed by atoms with van der Waals surface area (Å²) >= 11 is 6.14. The molecule has 1 aromatic heterocycles. The number of anilines is 2. The molecule has 7 heteroatoms. The lowest BCUT2D eigenvalue weighted by atomic mass is 10.2. The van der Waals surface area contributed by atoms with Crippen molar-refractivity contribution >= 4 is 34.8 Å². The number of carbonyl (C=O) groups is 2. The maximum absolute atomic E-state index is 12.5. The van der Waals surface area contributed by atoms with Crippen LogP contribution in [0.15, 0.2) is 24.4 Å². The average molecular weight is 349 g/mol. The third-order valence-corrected chi connectivity index (χ3v) is 3.93. The number of aromatic nitrogens is 2. The van der Waals surface area contributed by atoms with Crippen LogP contribution in [0.4, 0.5) is 11.4 Å². The normalized spacial score (nSPS) is 10.5. The Morgan fingerprint density at radius 2 is 2.00 bits per heavy atom. The molecule has 2 N–H and O–H groups in total. The largest absolute Gasteiger partial charge is 0.326 e. The first kappa shape index (κ1) is 18.0. The van der Waals surface area contributed by atoms with Crippen molar-refractivity contribution in [1.29, 1.82) is 0 Å². The maximum atomic E-state index is 12.5. The van der Waals surface area contributed by atoms with E-state index in [0.717, 1.165) is 18.7 Å². The second-order valence-corrected chi connectivity index (χ2v) is 5.82. The fraction of sp³-hybridized carbons (Fsp3) is 0.353. The Morgan fingerprint density at radius 3 is 2.67 bits per heavy atom. The van der Waals surface area contributed by atoms with Crippen molar-refractivity contribution in [2.75, 3.05) is 10.6 Å². The minimum absolute atomic E-state index is 0.105. The number of hydrogen-bond donors (Lipinski definition) is 2. The molecule has 1 aromatic carbocycles. The van der Waals surface area contributed by atoms with Gasteiger partial charge in [-0.3, -0.25) is 14.3 Å². The number of halogens is 1. The van der Waals surface area contributed by atoms with E-state index in [1.54, 1.807) is 36.0 Å². The van der Waals surface area contributed by atoms with Gasteiger partial charge in [-0.05, 0) is 31.5 Å². The van der Waals surface area contributed by atoms with Gasteiger partial charge >= 0.3 is 0 Å². The molecule has 0 aliphatic carbocycles. The number of amides is 2. The lowest BCUT2D eigenvalue weighted by molar-refractivity contribution is -0.115. The molecule has 0 unspecified atom stereocenters. The van der Waals surface area contributed by atoms with E-state index < -0.39 is 0 Å². The summed E-state index contributed by atoms with van der Waals surface area (Å²) in [5.41, 5.74) is 2.33. The Morgan fingerprint density at radius 1 is 1.25 bits per heavy atom. The minimum Gasteiger partial charge on any atom is -0.326 e. The van der Waals surface area contributed by atoms with Crippen molar-refractivity contribution in [3.8, 4) is 0 Å². The second-order valence-electron chi connectivity index (χ2n) is 5.42. The van der Waals surface area contributed by atoms with Gasteiger partial charge in [0, 0.05) is 24.3 Å². The van der Waals surface area contributed by atoms with Crippen LogP contribution in [0.3, 0.4) is 0 Å². The molecule has 0 fully saturated rings. The molecule has 0 atom stereocenters. The summed E-state index contributed by atoms with van der Waals surface area (Å²) < 4.78 is 1.80. The molecule has 0 saturated carbocycles. The van der Waals surface area contributed by atoms with Crippen molar-refractivity contribution in [1.82, 2.24) is 9.78 Å². The molecular formula is C17H21ClN4O2. The number of rotatable bonds is 6. The molecule has 0 spiro atoms. The fourth-order valence-corrected chi connectivity index (χ4v) is 2.41. The average Bonchev–Trinajstić information content (AvgIpc) is 2.92. The highest BCUT2D eigenvalue weighted by Crippen LogP contribution is 2.26. The van der Waals surface area contributed by atoms with E-state index in [1.807, 2.05) is 6.92 Å². The molecule has 2 aromatic rings. The van der Waals surface area contributed by atoms with Gasteiger partial charge in [0.05, 0.1) is 22.5 Å². The third-order valence-electron chi connectivity index (χ3n) is 3.60. The van der Waals surface area contributed by atoms with E-state index >= 15 is 0 Å². The summed E-state index contributed by atoms with van der Waals surface area (Å²) in [6, 6.07) is 4.96. The lowest BCUT2D eigenvalue weighted by Crippen LogP contribution is -2.14. The highest BCUT2D eigenvalue weighted by Gasteiger charge is 2.15.